The molecule has 0 amide bonds. The zero-order chi connectivity index (χ0) is 10.1. The van der Waals surface area contributed by atoms with E-state index in [-0.39, 0.29) is 0 Å². The van der Waals surface area contributed by atoms with Crippen molar-refractivity contribution < 1.29 is 0 Å². The normalized spacial score (nSPS) is 13.1. The molecule has 1 N–H and O–H groups in total. The van der Waals surface area contributed by atoms with Crippen LogP contribution >= 0.6 is 0 Å². The van der Waals surface area contributed by atoms with Crippen molar-refractivity contribution in [2.24, 2.45) is 0 Å². The summed E-state index contributed by atoms with van der Waals surface area (Å²) in [6.07, 6.45) is 11.3. The second-order valence-electron chi connectivity index (χ2n) is 2.56. The van der Waals surface area contributed by atoms with E-state index in [9.17, 15) is 0 Å². The summed E-state index contributed by atoms with van der Waals surface area (Å²) in [4.78, 5) is 0. The highest BCUT2D eigenvalue weighted by Crippen LogP contribution is 1.97. The zero-order valence-electron chi connectivity index (χ0n) is 8.38. The van der Waals surface area contributed by atoms with Crippen LogP contribution in [-0.2, 0) is 0 Å². The molecule has 0 radical (unpaired) electrons. The van der Waals surface area contributed by atoms with Crippen LogP contribution in [0.4, 0.5) is 0 Å². The standard InChI is InChI=1S/C12H17N/c1-5-8-10-12(7-3)13-11(4)9-6-2/h5-10,13H,2-3H2,1,4H3/b8-5-,11-9+,12-10+. The third-order valence-electron chi connectivity index (χ3n) is 1.40. The number of allylic oxidation sites excluding steroid dienone is 7. The van der Waals surface area contributed by atoms with Crippen LogP contribution in [0.1, 0.15) is 13.8 Å². The minimum Gasteiger partial charge on any atom is -0.359 e. The lowest BCUT2D eigenvalue weighted by atomic mass is 10.3. The van der Waals surface area contributed by atoms with Crippen molar-refractivity contribution in [2.45, 2.75) is 13.8 Å². The molecule has 13 heavy (non-hydrogen) atoms. The molecule has 0 unspecified atom stereocenters. The molecule has 0 atom stereocenters. The smallest absolute Gasteiger partial charge is 0.0375 e. The fourth-order valence-electron chi connectivity index (χ4n) is 0.807. The van der Waals surface area contributed by atoms with Gasteiger partial charge in [-0.25, -0.2) is 0 Å². The fraction of sp³-hybridized carbons (Fsp3) is 0.167. The lowest BCUT2D eigenvalue weighted by Gasteiger charge is -2.05. The van der Waals surface area contributed by atoms with Gasteiger partial charge in [-0.05, 0) is 32.1 Å². The van der Waals surface area contributed by atoms with Crippen molar-refractivity contribution in [3.05, 3.63) is 61.0 Å². The molecule has 0 saturated carbocycles. The van der Waals surface area contributed by atoms with Gasteiger partial charge in [-0.1, -0.05) is 31.4 Å². The predicted molar refractivity (Wildman–Crippen MR) is 60.2 cm³/mol. The van der Waals surface area contributed by atoms with Crippen LogP contribution in [0.5, 0.6) is 0 Å². The highest BCUT2D eigenvalue weighted by molar-refractivity contribution is 5.24. The van der Waals surface area contributed by atoms with Crippen LogP contribution in [0, 0.1) is 0 Å². The molecule has 1 nitrogen and oxygen atoms in total. The SMILES string of the molecule is C=C/C=C(\C)N/C(C=C)=C/C=C\C. The maximum absolute atomic E-state index is 3.71. The van der Waals surface area contributed by atoms with Gasteiger partial charge in [-0.15, -0.1) is 0 Å². The average molecular weight is 175 g/mol. The zero-order valence-corrected chi connectivity index (χ0v) is 8.38. The number of nitrogens with one attached hydrogen (secondary N) is 1. The minimum absolute atomic E-state index is 0.980. The Morgan fingerprint density at radius 1 is 1.23 bits per heavy atom. The Morgan fingerprint density at radius 2 is 1.92 bits per heavy atom. The highest BCUT2D eigenvalue weighted by Gasteiger charge is 1.88. The summed E-state index contributed by atoms with van der Waals surface area (Å²) in [7, 11) is 0. The molecule has 0 rings (SSSR count). The van der Waals surface area contributed by atoms with Crippen molar-refractivity contribution in [1.82, 2.24) is 5.32 Å². The Kier molecular flexibility index (Phi) is 6.34. The Balaban J connectivity index is 4.37. The van der Waals surface area contributed by atoms with E-state index in [0.29, 0.717) is 0 Å². The first-order valence-corrected chi connectivity index (χ1v) is 4.26. The molecule has 0 aliphatic rings. The third-order valence-corrected chi connectivity index (χ3v) is 1.40. The number of rotatable bonds is 5. The minimum atomic E-state index is 0.980. The maximum atomic E-state index is 3.71. The average Bonchev–Trinajstić information content (AvgIpc) is 2.12. The highest BCUT2D eigenvalue weighted by atomic mass is 14.9. The van der Waals surface area contributed by atoms with Crippen LogP contribution in [0.3, 0.4) is 0 Å². The largest absolute Gasteiger partial charge is 0.359 e. The van der Waals surface area contributed by atoms with Gasteiger partial charge < -0.3 is 5.32 Å². The van der Waals surface area contributed by atoms with E-state index in [1.807, 2.05) is 38.2 Å². The van der Waals surface area contributed by atoms with Crippen molar-refractivity contribution in [3.63, 3.8) is 0 Å². The van der Waals surface area contributed by atoms with Gasteiger partial charge in [-0.2, -0.15) is 0 Å². The van der Waals surface area contributed by atoms with Gasteiger partial charge in [0, 0.05) is 11.4 Å². The molecule has 0 aromatic carbocycles. The van der Waals surface area contributed by atoms with E-state index in [0.717, 1.165) is 11.4 Å². The third kappa shape index (κ3) is 5.74. The van der Waals surface area contributed by atoms with Crippen LogP contribution in [0.2, 0.25) is 0 Å². The van der Waals surface area contributed by atoms with Gasteiger partial charge in [0.2, 0.25) is 0 Å². The Morgan fingerprint density at radius 3 is 2.38 bits per heavy atom. The second kappa shape index (κ2) is 7.17. The van der Waals surface area contributed by atoms with Crippen molar-refractivity contribution in [1.29, 1.82) is 0 Å². The molecular formula is C12H17N. The van der Waals surface area contributed by atoms with Crippen LogP contribution in [0.25, 0.3) is 0 Å². The summed E-state index contributed by atoms with van der Waals surface area (Å²) >= 11 is 0. The van der Waals surface area contributed by atoms with Gasteiger partial charge in [0.15, 0.2) is 0 Å². The van der Waals surface area contributed by atoms with Crippen molar-refractivity contribution in [2.75, 3.05) is 0 Å². The maximum Gasteiger partial charge on any atom is 0.0375 e. The van der Waals surface area contributed by atoms with E-state index < -0.39 is 0 Å². The summed E-state index contributed by atoms with van der Waals surface area (Å²) in [5, 5.41) is 3.18. The Bertz CT molecular complexity index is 254. The van der Waals surface area contributed by atoms with Gasteiger partial charge >= 0.3 is 0 Å². The molecule has 0 spiro atoms. The summed E-state index contributed by atoms with van der Waals surface area (Å²) in [6, 6.07) is 0. The van der Waals surface area contributed by atoms with Crippen LogP contribution < -0.4 is 5.32 Å². The van der Waals surface area contributed by atoms with E-state index in [1.54, 1.807) is 12.2 Å². The molecule has 70 valence electrons. The second-order valence-corrected chi connectivity index (χ2v) is 2.56. The molecule has 0 heterocycles. The molecule has 0 aromatic heterocycles. The molecule has 0 aromatic rings. The topological polar surface area (TPSA) is 12.0 Å². The summed E-state index contributed by atoms with van der Waals surface area (Å²) < 4.78 is 0. The van der Waals surface area contributed by atoms with Crippen molar-refractivity contribution in [3.8, 4) is 0 Å². The molecule has 1 heteroatoms. The monoisotopic (exact) mass is 175 g/mol. The quantitative estimate of drug-likeness (QED) is 0.632. The predicted octanol–water partition coefficient (Wildman–Crippen LogP) is 3.31. The van der Waals surface area contributed by atoms with Gasteiger partial charge in [0.05, 0.1) is 0 Å². The van der Waals surface area contributed by atoms with Crippen LogP contribution in [0.15, 0.2) is 61.0 Å². The van der Waals surface area contributed by atoms with Gasteiger partial charge in [0.1, 0.15) is 0 Å². The van der Waals surface area contributed by atoms with E-state index >= 15 is 0 Å². The molecule has 0 aliphatic carbocycles. The molecular weight excluding hydrogens is 158 g/mol. The van der Waals surface area contributed by atoms with Crippen molar-refractivity contribution >= 4 is 0 Å². The summed E-state index contributed by atoms with van der Waals surface area (Å²) in [5.41, 5.74) is 2.03. The Labute approximate surface area is 80.9 Å². The summed E-state index contributed by atoms with van der Waals surface area (Å²) in [6.45, 7) is 11.3. The van der Waals surface area contributed by atoms with Gasteiger partial charge in [-0.3, -0.25) is 0 Å². The molecule has 0 fully saturated rings. The van der Waals surface area contributed by atoms with E-state index in [2.05, 4.69) is 18.5 Å². The van der Waals surface area contributed by atoms with Gasteiger partial charge in [0.25, 0.3) is 0 Å². The van der Waals surface area contributed by atoms with Crippen LogP contribution in [-0.4, -0.2) is 0 Å². The summed E-state index contributed by atoms with van der Waals surface area (Å²) in [5.74, 6) is 0. The molecule has 0 bridgehead atoms. The number of hydrogen-bond donors (Lipinski definition) is 1. The van der Waals surface area contributed by atoms with E-state index in [1.165, 1.54) is 0 Å². The molecule has 0 aliphatic heterocycles. The first kappa shape index (κ1) is 11.5. The Hall–Kier alpha value is -1.50. The number of hydrogen-bond acceptors (Lipinski definition) is 1. The first-order valence-electron chi connectivity index (χ1n) is 4.26. The molecule has 0 saturated heterocycles. The first-order chi connectivity index (χ1) is 6.24. The van der Waals surface area contributed by atoms with E-state index in [4.69, 9.17) is 0 Å². The lowest BCUT2D eigenvalue weighted by molar-refractivity contribution is 1.00. The lowest BCUT2D eigenvalue weighted by Crippen LogP contribution is -2.07. The fourth-order valence-corrected chi connectivity index (χ4v) is 0.807.